The van der Waals surface area contributed by atoms with Crippen molar-refractivity contribution in [2.45, 2.75) is 19.5 Å². The molecule has 34 heavy (non-hydrogen) atoms. The van der Waals surface area contributed by atoms with Crippen LogP contribution >= 0.6 is 0 Å². The molecule has 0 saturated heterocycles. The Morgan fingerprint density at radius 3 is 2.29 bits per heavy atom. The van der Waals surface area contributed by atoms with Crippen molar-refractivity contribution in [1.29, 1.82) is 0 Å². The van der Waals surface area contributed by atoms with Crippen LogP contribution in [0.5, 0.6) is 5.75 Å². The summed E-state index contributed by atoms with van der Waals surface area (Å²) in [6.07, 6.45) is 3.97. The first kappa shape index (κ1) is 23.1. The van der Waals surface area contributed by atoms with E-state index in [0.29, 0.717) is 25.3 Å². The van der Waals surface area contributed by atoms with E-state index >= 15 is 0 Å². The van der Waals surface area contributed by atoms with Gasteiger partial charge in [-0.05, 0) is 65.2 Å². The number of hydrogen-bond acceptors (Lipinski definition) is 3. The first-order valence-electron chi connectivity index (χ1n) is 11.0. The molecule has 172 valence electrons. The Hall–Kier alpha value is -4.06. The molecule has 0 N–H and O–H groups in total. The molecule has 0 radical (unpaired) electrons. The molecule has 0 spiro atoms. The van der Waals surface area contributed by atoms with Gasteiger partial charge in [0.25, 0.3) is 5.91 Å². The van der Waals surface area contributed by atoms with E-state index in [1.54, 1.807) is 41.6 Å². The van der Waals surface area contributed by atoms with Crippen molar-refractivity contribution < 1.29 is 18.3 Å². The van der Waals surface area contributed by atoms with Crippen molar-refractivity contribution in [2.75, 3.05) is 6.61 Å². The van der Waals surface area contributed by atoms with Crippen molar-refractivity contribution in [3.63, 3.8) is 0 Å². The Morgan fingerprint density at radius 1 is 0.794 bits per heavy atom. The lowest BCUT2D eigenvalue weighted by atomic mass is 10.1. The monoisotopic (exact) mass is 458 g/mol. The highest BCUT2D eigenvalue weighted by atomic mass is 19.1. The second-order valence-electron chi connectivity index (χ2n) is 7.87. The van der Waals surface area contributed by atoms with E-state index in [0.717, 1.165) is 16.7 Å². The van der Waals surface area contributed by atoms with E-state index in [-0.39, 0.29) is 17.9 Å². The van der Waals surface area contributed by atoms with E-state index in [9.17, 15) is 13.6 Å². The smallest absolute Gasteiger partial charge is 0.257 e. The Balaban J connectivity index is 1.47. The van der Waals surface area contributed by atoms with Gasteiger partial charge in [0.1, 0.15) is 17.4 Å². The summed E-state index contributed by atoms with van der Waals surface area (Å²) in [6, 6.07) is 23.5. The third-order valence-corrected chi connectivity index (χ3v) is 5.36. The van der Waals surface area contributed by atoms with Crippen LogP contribution in [0, 0.1) is 11.6 Å². The minimum Gasteiger partial charge on any atom is -0.493 e. The van der Waals surface area contributed by atoms with Crippen molar-refractivity contribution in [2.24, 2.45) is 0 Å². The van der Waals surface area contributed by atoms with Crippen LogP contribution < -0.4 is 4.74 Å². The number of amides is 1. The topological polar surface area (TPSA) is 42.4 Å². The van der Waals surface area contributed by atoms with Crippen molar-refractivity contribution in [3.05, 3.63) is 131 Å². The third kappa shape index (κ3) is 6.25. The zero-order valence-corrected chi connectivity index (χ0v) is 18.5. The van der Waals surface area contributed by atoms with E-state index in [4.69, 9.17) is 4.74 Å². The molecule has 0 aliphatic carbocycles. The van der Waals surface area contributed by atoms with Crippen LogP contribution in [-0.2, 0) is 19.5 Å². The number of halogens is 2. The summed E-state index contributed by atoms with van der Waals surface area (Å²) in [6.45, 7) is 1.03. The van der Waals surface area contributed by atoms with Gasteiger partial charge in [0.15, 0.2) is 0 Å². The van der Waals surface area contributed by atoms with Gasteiger partial charge in [0, 0.05) is 31.9 Å². The number of aromatic nitrogens is 1. The first-order chi connectivity index (χ1) is 16.6. The lowest BCUT2D eigenvalue weighted by molar-refractivity contribution is 0.0725. The van der Waals surface area contributed by atoms with E-state index < -0.39 is 11.7 Å². The summed E-state index contributed by atoms with van der Waals surface area (Å²) in [4.78, 5) is 18.8. The normalized spacial score (nSPS) is 10.6. The van der Waals surface area contributed by atoms with Gasteiger partial charge >= 0.3 is 0 Å². The fourth-order valence-electron chi connectivity index (χ4n) is 3.60. The maximum atomic E-state index is 14.3. The molecule has 1 amide bonds. The highest BCUT2D eigenvalue weighted by molar-refractivity contribution is 5.94. The molecule has 6 heteroatoms. The van der Waals surface area contributed by atoms with E-state index in [1.807, 2.05) is 36.4 Å². The summed E-state index contributed by atoms with van der Waals surface area (Å²) in [5.74, 6) is -0.539. The van der Waals surface area contributed by atoms with Crippen LogP contribution in [0.15, 0.2) is 97.3 Å². The third-order valence-electron chi connectivity index (χ3n) is 5.36. The molecule has 3 aromatic carbocycles. The summed E-state index contributed by atoms with van der Waals surface area (Å²) < 4.78 is 33.3. The van der Waals surface area contributed by atoms with Gasteiger partial charge < -0.3 is 9.64 Å². The Bertz CT molecular complexity index is 1230. The van der Waals surface area contributed by atoms with Crippen LogP contribution in [0.4, 0.5) is 8.78 Å². The maximum Gasteiger partial charge on any atom is 0.257 e. The predicted octanol–water partition coefficient (Wildman–Crippen LogP) is 5.82. The Labute approximate surface area is 197 Å². The molecule has 0 aliphatic heterocycles. The van der Waals surface area contributed by atoms with E-state index in [1.165, 1.54) is 24.3 Å². The molecule has 4 rings (SSSR count). The van der Waals surface area contributed by atoms with Crippen molar-refractivity contribution in [3.8, 4) is 5.75 Å². The van der Waals surface area contributed by atoms with Gasteiger partial charge in [0.05, 0.1) is 12.2 Å². The minimum atomic E-state index is -0.551. The standard InChI is InChI=1S/C28H24F2N2O2/c29-24-10-8-21(9-11-24)14-17-34-25-5-3-4-23(18-25)20-32(19-22-12-15-31-16-13-22)28(33)26-6-1-2-7-27(26)30/h1-13,15-16,18H,14,17,19-20H2. The maximum absolute atomic E-state index is 14.3. The first-order valence-corrected chi connectivity index (χ1v) is 11.0. The lowest BCUT2D eigenvalue weighted by Gasteiger charge is -2.23. The van der Waals surface area contributed by atoms with E-state index in [2.05, 4.69) is 4.98 Å². The second kappa shape index (κ2) is 11.2. The highest BCUT2D eigenvalue weighted by Gasteiger charge is 2.20. The summed E-state index contributed by atoms with van der Waals surface area (Å²) in [5, 5.41) is 0. The molecule has 0 atom stereocenters. The number of carbonyl (C=O) groups is 1. The number of nitrogens with zero attached hydrogens (tertiary/aromatic N) is 2. The van der Waals surface area contributed by atoms with Crippen LogP contribution in [0.3, 0.4) is 0 Å². The Morgan fingerprint density at radius 2 is 1.53 bits per heavy atom. The molecule has 0 aliphatic rings. The SMILES string of the molecule is O=C(c1ccccc1F)N(Cc1ccncc1)Cc1cccc(OCCc2ccc(F)cc2)c1. The van der Waals surface area contributed by atoms with Gasteiger partial charge in [-0.15, -0.1) is 0 Å². The molecule has 0 fully saturated rings. The van der Waals surface area contributed by atoms with Crippen LogP contribution in [0.25, 0.3) is 0 Å². The largest absolute Gasteiger partial charge is 0.493 e. The summed E-state index contributed by atoms with van der Waals surface area (Å²) in [5.41, 5.74) is 2.77. The minimum absolute atomic E-state index is 0.0308. The molecule has 4 nitrogen and oxygen atoms in total. The average Bonchev–Trinajstić information content (AvgIpc) is 2.86. The number of pyridine rings is 1. The second-order valence-corrected chi connectivity index (χ2v) is 7.87. The van der Waals surface area contributed by atoms with Gasteiger partial charge in [-0.2, -0.15) is 0 Å². The Kier molecular flexibility index (Phi) is 7.60. The fourth-order valence-corrected chi connectivity index (χ4v) is 3.60. The quantitative estimate of drug-likeness (QED) is 0.317. The summed E-state index contributed by atoms with van der Waals surface area (Å²) >= 11 is 0. The van der Waals surface area contributed by atoms with Gasteiger partial charge in [-0.3, -0.25) is 9.78 Å². The number of benzene rings is 3. The number of carbonyl (C=O) groups excluding carboxylic acids is 1. The van der Waals surface area contributed by atoms with Gasteiger partial charge in [-0.25, -0.2) is 8.78 Å². The number of rotatable bonds is 9. The molecule has 0 bridgehead atoms. The molecular weight excluding hydrogens is 434 g/mol. The van der Waals surface area contributed by atoms with Crippen molar-refractivity contribution in [1.82, 2.24) is 9.88 Å². The molecule has 1 heterocycles. The van der Waals surface area contributed by atoms with Crippen LogP contribution in [-0.4, -0.2) is 22.4 Å². The molecule has 1 aromatic heterocycles. The average molecular weight is 459 g/mol. The number of ether oxygens (including phenoxy) is 1. The zero-order valence-electron chi connectivity index (χ0n) is 18.5. The highest BCUT2D eigenvalue weighted by Crippen LogP contribution is 2.19. The fraction of sp³-hybridized carbons (Fsp3) is 0.143. The predicted molar refractivity (Wildman–Crippen MR) is 126 cm³/mol. The number of hydrogen-bond donors (Lipinski definition) is 0. The molecule has 4 aromatic rings. The molecule has 0 saturated carbocycles. The van der Waals surface area contributed by atoms with Gasteiger partial charge in [0.2, 0.25) is 0 Å². The zero-order chi connectivity index (χ0) is 23.8. The molecular formula is C28H24F2N2O2. The lowest BCUT2D eigenvalue weighted by Crippen LogP contribution is -2.30. The van der Waals surface area contributed by atoms with Crippen molar-refractivity contribution >= 4 is 5.91 Å². The van der Waals surface area contributed by atoms with Gasteiger partial charge in [-0.1, -0.05) is 36.4 Å². The van der Waals surface area contributed by atoms with Crippen LogP contribution in [0.2, 0.25) is 0 Å². The summed E-state index contributed by atoms with van der Waals surface area (Å²) in [7, 11) is 0. The molecule has 0 unspecified atom stereocenters. The van der Waals surface area contributed by atoms with Crippen LogP contribution in [0.1, 0.15) is 27.0 Å².